The average Bonchev–Trinajstić information content (AvgIpc) is 2.21. The molecule has 0 aromatic heterocycles. The summed E-state index contributed by atoms with van der Waals surface area (Å²) < 4.78 is 13.8. The Morgan fingerprint density at radius 2 is 2.11 bits per heavy atom. The highest BCUT2D eigenvalue weighted by atomic mass is 35.5. The van der Waals surface area contributed by atoms with Crippen LogP contribution in [0.1, 0.15) is 32.3 Å². The number of alkyl halides is 1. The van der Waals surface area contributed by atoms with Crippen LogP contribution in [-0.2, 0) is 6.42 Å². The van der Waals surface area contributed by atoms with Gasteiger partial charge < -0.3 is 0 Å². The van der Waals surface area contributed by atoms with Crippen LogP contribution in [0.2, 0.25) is 5.02 Å². The van der Waals surface area contributed by atoms with Crippen molar-refractivity contribution in [1.29, 1.82) is 0 Å². The zero-order valence-corrected chi connectivity index (χ0v) is 12.2. The molecule has 0 N–H and O–H groups in total. The van der Waals surface area contributed by atoms with Gasteiger partial charge in [-0.2, -0.15) is 0 Å². The van der Waals surface area contributed by atoms with Gasteiger partial charge in [0.25, 0.3) is 0 Å². The van der Waals surface area contributed by atoms with Gasteiger partial charge in [-0.15, -0.1) is 11.6 Å². The average molecular weight is 287 g/mol. The van der Waals surface area contributed by atoms with Crippen molar-refractivity contribution in [3.63, 3.8) is 0 Å². The van der Waals surface area contributed by atoms with Crippen LogP contribution in [0.25, 0.3) is 0 Å². The largest absolute Gasteiger partial charge is 0.207 e. The molecular weight excluding hydrogens is 270 g/mol. The maximum atomic E-state index is 13.8. The summed E-state index contributed by atoms with van der Waals surface area (Å²) in [6.45, 7) is 4.39. The van der Waals surface area contributed by atoms with E-state index < -0.39 is 0 Å². The Labute approximate surface area is 118 Å². The van der Waals surface area contributed by atoms with Gasteiger partial charge in [-0.25, -0.2) is 4.39 Å². The SMILES string of the molecule is CC1(C)CC(Cc2c(F)cccc2Cl)=CC(Cl)C1. The van der Waals surface area contributed by atoms with E-state index in [9.17, 15) is 4.39 Å². The Hall–Kier alpha value is -0.530. The molecule has 1 atom stereocenters. The molecule has 2 rings (SSSR count). The number of rotatable bonds is 2. The van der Waals surface area contributed by atoms with Crippen molar-refractivity contribution < 1.29 is 4.39 Å². The van der Waals surface area contributed by atoms with Gasteiger partial charge in [-0.3, -0.25) is 0 Å². The lowest BCUT2D eigenvalue weighted by atomic mass is 9.76. The lowest BCUT2D eigenvalue weighted by molar-refractivity contribution is 0.320. The van der Waals surface area contributed by atoms with Crippen LogP contribution in [0.3, 0.4) is 0 Å². The van der Waals surface area contributed by atoms with Crippen molar-refractivity contribution in [2.24, 2.45) is 5.41 Å². The molecule has 0 bridgehead atoms. The fourth-order valence-corrected chi connectivity index (χ4v) is 3.46. The van der Waals surface area contributed by atoms with Crippen LogP contribution in [-0.4, -0.2) is 5.38 Å². The Balaban J connectivity index is 2.24. The van der Waals surface area contributed by atoms with E-state index in [2.05, 4.69) is 19.9 Å². The molecule has 1 aromatic carbocycles. The third kappa shape index (κ3) is 3.27. The highest BCUT2D eigenvalue weighted by molar-refractivity contribution is 6.31. The second-order valence-corrected chi connectivity index (χ2v) is 6.73. The fraction of sp³-hybridized carbons (Fsp3) is 0.467. The minimum atomic E-state index is -0.238. The highest BCUT2D eigenvalue weighted by Crippen LogP contribution is 2.39. The van der Waals surface area contributed by atoms with Gasteiger partial charge in [-0.1, -0.05) is 43.2 Å². The first-order valence-electron chi connectivity index (χ1n) is 6.14. The highest BCUT2D eigenvalue weighted by Gasteiger charge is 2.28. The normalized spacial score (nSPS) is 22.7. The maximum Gasteiger partial charge on any atom is 0.128 e. The van der Waals surface area contributed by atoms with Crippen molar-refractivity contribution in [2.75, 3.05) is 0 Å². The van der Waals surface area contributed by atoms with E-state index in [4.69, 9.17) is 23.2 Å². The van der Waals surface area contributed by atoms with Crippen molar-refractivity contribution in [1.82, 2.24) is 0 Å². The molecule has 0 fully saturated rings. The second kappa shape index (κ2) is 5.22. The lowest BCUT2D eigenvalue weighted by Gasteiger charge is -2.32. The van der Waals surface area contributed by atoms with Crippen molar-refractivity contribution in [2.45, 2.75) is 38.5 Å². The summed E-state index contributed by atoms with van der Waals surface area (Å²) >= 11 is 12.3. The van der Waals surface area contributed by atoms with E-state index in [1.165, 1.54) is 11.6 Å². The third-order valence-corrected chi connectivity index (χ3v) is 3.97. The molecule has 0 nitrogen and oxygen atoms in total. The molecule has 1 unspecified atom stereocenters. The number of hydrogen-bond donors (Lipinski definition) is 0. The second-order valence-electron chi connectivity index (χ2n) is 5.76. The van der Waals surface area contributed by atoms with Crippen molar-refractivity contribution in [3.05, 3.63) is 46.3 Å². The summed E-state index contributed by atoms with van der Waals surface area (Å²) in [5.41, 5.74) is 1.93. The standard InChI is InChI=1S/C15H17Cl2F/c1-15(2)8-10(6-11(16)9-15)7-12-13(17)4-3-5-14(12)18/h3-6,11H,7-9H2,1-2H3. The summed E-state index contributed by atoms with van der Waals surface area (Å²) in [7, 11) is 0. The minimum absolute atomic E-state index is 0.0364. The molecule has 0 amide bonds. The van der Waals surface area contributed by atoms with Gasteiger partial charge in [0.05, 0.1) is 5.38 Å². The first-order valence-corrected chi connectivity index (χ1v) is 6.95. The molecule has 98 valence electrons. The molecule has 1 aliphatic rings. The summed E-state index contributed by atoms with van der Waals surface area (Å²) in [4.78, 5) is 0. The molecule has 0 radical (unpaired) electrons. The topological polar surface area (TPSA) is 0 Å². The zero-order chi connectivity index (χ0) is 13.3. The molecule has 0 saturated carbocycles. The van der Waals surface area contributed by atoms with Gasteiger partial charge in [0.15, 0.2) is 0 Å². The third-order valence-electron chi connectivity index (χ3n) is 3.34. The van der Waals surface area contributed by atoms with Gasteiger partial charge in [-0.05, 0) is 36.8 Å². The molecule has 18 heavy (non-hydrogen) atoms. The van der Waals surface area contributed by atoms with Crippen molar-refractivity contribution >= 4 is 23.2 Å². The Kier molecular flexibility index (Phi) is 4.03. The Bertz CT molecular complexity index is 457. The van der Waals surface area contributed by atoms with Crippen LogP contribution < -0.4 is 0 Å². The smallest absolute Gasteiger partial charge is 0.128 e. The van der Waals surface area contributed by atoms with E-state index in [0.29, 0.717) is 17.0 Å². The van der Waals surface area contributed by atoms with E-state index in [0.717, 1.165) is 12.8 Å². The van der Waals surface area contributed by atoms with Gasteiger partial charge >= 0.3 is 0 Å². The first-order chi connectivity index (χ1) is 8.37. The first kappa shape index (κ1) is 13.9. The molecule has 0 spiro atoms. The molecule has 1 aromatic rings. The Morgan fingerprint density at radius 1 is 1.39 bits per heavy atom. The van der Waals surface area contributed by atoms with E-state index >= 15 is 0 Å². The number of halogens is 3. The predicted molar refractivity (Wildman–Crippen MR) is 75.9 cm³/mol. The van der Waals surface area contributed by atoms with Gasteiger partial charge in [0.1, 0.15) is 5.82 Å². The van der Waals surface area contributed by atoms with Gasteiger partial charge in [0.2, 0.25) is 0 Å². The summed E-state index contributed by atoms with van der Waals surface area (Å²) in [6.07, 6.45) is 4.51. The molecule has 0 aliphatic heterocycles. The van der Waals surface area contributed by atoms with E-state index in [-0.39, 0.29) is 16.6 Å². The molecular formula is C15H17Cl2F. The summed E-state index contributed by atoms with van der Waals surface area (Å²) in [5.74, 6) is -0.238. The predicted octanol–water partition coefficient (Wildman–Crippen LogP) is 5.38. The lowest BCUT2D eigenvalue weighted by Crippen LogP contribution is -2.23. The van der Waals surface area contributed by atoms with E-state index in [1.54, 1.807) is 12.1 Å². The molecule has 0 heterocycles. The summed E-state index contributed by atoms with van der Waals surface area (Å²) in [5, 5.41) is 0.528. The Morgan fingerprint density at radius 3 is 2.72 bits per heavy atom. The summed E-state index contributed by atoms with van der Waals surface area (Å²) in [6, 6.07) is 4.81. The van der Waals surface area contributed by atoms with Crippen LogP contribution in [0.5, 0.6) is 0 Å². The van der Waals surface area contributed by atoms with Crippen LogP contribution in [0.4, 0.5) is 4.39 Å². The van der Waals surface area contributed by atoms with Crippen LogP contribution in [0.15, 0.2) is 29.8 Å². The minimum Gasteiger partial charge on any atom is -0.207 e. The number of hydrogen-bond acceptors (Lipinski definition) is 0. The quantitative estimate of drug-likeness (QED) is 0.506. The molecule has 0 saturated heterocycles. The van der Waals surface area contributed by atoms with Crippen molar-refractivity contribution in [3.8, 4) is 0 Å². The zero-order valence-electron chi connectivity index (χ0n) is 10.6. The van der Waals surface area contributed by atoms with Crippen LogP contribution in [0, 0.1) is 11.2 Å². The number of allylic oxidation sites excluding steroid dienone is 2. The fourth-order valence-electron chi connectivity index (χ4n) is 2.64. The van der Waals surface area contributed by atoms with E-state index in [1.807, 2.05) is 0 Å². The number of benzene rings is 1. The monoisotopic (exact) mass is 286 g/mol. The maximum absolute atomic E-state index is 13.8. The molecule has 3 heteroatoms. The van der Waals surface area contributed by atoms with Gasteiger partial charge in [0, 0.05) is 10.6 Å². The molecule has 1 aliphatic carbocycles. The van der Waals surface area contributed by atoms with Crippen LogP contribution >= 0.6 is 23.2 Å².